The molecule has 0 aromatic heterocycles. The van der Waals surface area contributed by atoms with Crippen LogP contribution in [0.3, 0.4) is 0 Å². The molecular weight excluding hydrogens is 1300 g/mol. The third-order valence-corrected chi connectivity index (χ3v) is 12.3. The number of aromatic hydroxyl groups is 4. The van der Waals surface area contributed by atoms with E-state index in [1.54, 1.807) is 45.4 Å². The Labute approximate surface area is 596 Å². The number of benzene rings is 10. The number of hydrogen-bond donors (Lipinski definition) is 4. The van der Waals surface area contributed by atoms with Crippen molar-refractivity contribution < 1.29 is 85.8 Å². The second kappa shape index (κ2) is 47.0. The zero-order chi connectivity index (χ0) is 67.1. The van der Waals surface area contributed by atoms with E-state index in [9.17, 15) is 20.4 Å². The van der Waals surface area contributed by atoms with Gasteiger partial charge in [0.25, 0.3) is 0 Å². The molecule has 0 saturated heterocycles. The molecule has 475 valence electrons. The van der Waals surface area contributed by atoms with Gasteiger partial charge in [0.15, 0.2) is 11.5 Å². The van der Waals surface area contributed by atoms with Gasteiger partial charge in [0.1, 0.15) is 22.7 Å². The first-order valence-corrected chi connectivity index (χ1v) is 30.4. The minimum Gasteiger partial charge on any atom is -0.518 e. The van der Waals surface area contributed by atoms with Gasteiger partial charge in [-0.3, -0.25) is 0 Å². The van der Waals surface area contributed by atoms with E-state index >= 15 is 0 Å². The van der Waals surface area contributed by atoms with Gasteiger partial charge < -0.3 is 20.4 Å². The molecule has 0 spiro atoms. The fourth-order valence-electron chi connectivity index (χ4n) is 8.40. The van der Waals surface area contributed by atoms with Crippen LogP contribution in [-0.2, 0) is 65.4 Å². The Balaban J connectivity index is 0.00000138. The predicted molar refractivity (Wildman–Crippen MR) is 379 cm³/mol. The monoisotopic (exact) mass is 1390 g/mol. The average molecular weight is 1390 g/mol. The number of azo groups is 4. The summed E-state index contributed by atoms with van der Waals surface area (Å²) in [5.74, 6) is 0.474. The fraction of sp³-hybridized carbons (Fsp3) is 0.260. The molecule has 3 radical (unpaired) electrons. The van der Waals surface area contributed by atoms with Crippen LogP contribution >= 0.6 is 0 Å². The minimum atomic E-state index is 0. The van der Waals surface area contributed by atoms with Gasteiger partial charge in [-0.05, 0) is 102 Å². The van der Waals surface area contributed by atoms with Crippen LogP contribution in [0.1, 0.15) is 116 Å². The summed E-state index contributed by atoms with van der Waals surface area (Å²) in [7, 11) is 5.95. The van der Waals surface area contributed by atoms with Crippen molar-refractivity contribution in [3.63, 3.8) is 0 Å². The Morgan fingerprint density at radius 2 is 0.707 bits per heavy atom. The van der Waals surface area contributed by atoms with Gasteiger partial charge in [-0.15, -0.1) is 21.0 Å². The maximum absolute atomic E-state index is 10.7. The molecule has 0 fully saturated rings. The van der Waals surface area contributed by atoms with E-state index in [1.165, 1.54) is 7.55 Å². The Bertz CT molecular complexity index is 3840. The van der Waals surface area contributed by atoms with Crippen molar-refractivity contribution in [2.45, 2.75) is 111 Å². The van der Waals surface area contributed by atoms with Crippen molar-refractivity contribution in [1.29, 1.82) is 0 Å². The van der Waals surface area contributed by atoms with Crippen molar-refractivity contribution in [3.05, 3.63) is 197 Å². The molecule has 16 nitrogen and oxygen atoms in total. The van der Waals surface area contributed by atoms with Crippen LogP contribution in [0.5, 0.6) is 23.0 Å². The summed E-state index contributed by atoms with van der Waals surface area (Å²) in [5.41, 5.74) is 9.53. The maximum atomic E-state index is 10.7. The smallest absolute Gasteiger partial charge is 0.485 e. The Morgan fingerprint density at radius 1 is 0.348 bits per heavy atom. The first kappa shape index (κ1) is 84.1. The predicted octanol–water partition coefficient (Wildman–Crippen LogP) is 24.6. The Hall–Kier alpha value is -7.95. The normalized spacial score (nSPS) is 10.5. The van der Waals surface area contributed by atoms with Gasteiger partial charge in [-0.1, -0.05) is 192 Å². The molecule has 0 atom stereocenters. The van der Waals surface area contributed by atoms with E-state index in [2.05, 4.69) is 73.3 Å². The Morgan fingerprint density at radius 3 is 1.13 bits per heavy atom. The van der Waals surface area contributed by atoms with Gasteiger partial charge in [0.05, 0.1) is 28.6 Å². The zero-order valence-electron chi connectivity index (χ0n) is 57.0. The molecule has 19 heteroatoms. The van der Waals surface area contributed by atoms with Gasteiger partial charge >= 0.3 is 7.55 Å². The number of fused-ring (bicyclic) bond motifs is 4. The first-order chi connectivity index (χ1) is 43.9. The van der Waals surface area contributed by atoms with E-state index in [4.69, 9.17) is 0 Å². The topological polar surface area (TPSA) is 229 Å². The van der Waals surface area contributed by atoms with Crippen LogP contribution in [-0.4, -0.2) is 49.1 Å². The van der Waals surface area contributed by atoms with E-state index in [1.807, 2.05) is 250 Å². The summed E-state index contributed by atoms with van der Waals surface area (Å²) in [5, 5.41) is 95.6. The van der Waals surface area contributed by atoms with Crippen LogP contribution in [0, 0.1) is 39.8 Å². The van der Waals surface area contributed by atoms with E-state index in [-0.39, 0.29) is 88.4 Å². The molecule has 0 amide bonds. The molecule has 0 bridgehead atoms. The molecule has 10 aromatic carbocycles. The third kappa shape index (κ3) is 24.3. The number of aryl methyl sites for hydroxylation is 4. The molecule has 10 rings (SSSR count). The van der Waals surface area contributed by atoms with Crippen LogP contribution < -0.4 is 0 Å². The summed E-state index contributed by atoms with van der Waals surface area (Å²) in [4.78, 5) is 0. The quantitative estimate of drug-likeness (QED) is 0.0428. The standard InChI is InChI=1S/C36H26N4O2.C13H14N4O.C12H12BN4O.6C2H6.2Y/c1-23-5-3-7-27-15-21-31(35(41)33(23)27)39-37-29-17-11-25(12-18-29)9-10-26-13-19-30(20-14-26)38-40-32-22-16-28-8-4-6-24(2)34(28)36(32)42;1-8-10(16-14-2)6-4-9-5-7-11(17-15-3)13(18)12(8)9;1-8-3-4-9-5-6-11(12(18)10(9)7-8)15-17-13-16-14-2;6*1-2;;/h3-4,7-22,41-42H,1-2H3;4-7,18H,1-3H3;3-7,18H,1-2H3;6*1-2H3;;/q-2;;;;;;;;;;. The number of nitrogens with zero attached hydrogens (tertiary/aromatic N) is 12. The summed E-state index contributed by atoms with van der Waals surface area (Å²) < 4.78 is 0. The van der Waals surface area contributed by atoms with Crippen molar-refractivity contribution in [2.75, 3.05) is 21.1 Å². The SMILES string of the molecule is CC.CC.CC.CC.CC.CC.CN=N[B]N=Nc1ccc2ccc(C)cc2c1O.CN=Nc1ccc2ccc(N=NC)c(O)c2c1C.Cc1[c-]ccc2ccc(N=Nc3ccc(C=Cc4ccc(N=Nc5ccc6cc[c-]c(C)c6c5O)cc4)cc3)c(O)c12.[Y].[Y]. The molecule has 0 aliphatic rings. The number of phenolic OH excluding ortho intramolecular Hbond substituents is 4. The first-order valence-electron chi connectivity index (χ1n) is 30.4. The maximum Gasteiger partial charge on any atom is 0.485 e. The van der Waals surface area contributed by atoms with E-state index in [0.717, 1.165) is 82.2 Å². The van der Waals surface area contributed by atoms with Gasteiger partial charge in [-0.2, -0.15) is 83.3 Å². The van der Waals surface area contributed by atoms with Crippen molar-refractivity contribution in [2.24, 2.45) is 61.2 Å². The van der Waals surface area contributed by atoms with Crippen molar-refractivity contribution in [1.82, 2.24) is 0 Å². The minimum absolute atomic E-state index is 0. The second-order valence-corrected chi connectivity index (χ2v) is 17.6. The third-order valence-electron chi connectivity index (χ3n) is 12.3. The molecule has 0 aliphatic carbocycles. The molecule has 0 aliphatic heterocycles. The van der Waals surface area contributed by atoms with Crippen molar-refractivity contribution >= 4 is 103 Å². The molecular formula is C73H88BN12O4Y2-2. The number of rotatable bonds is 11. The Kier molecular flexibility index (Phi) is 43.0. The largest absolute Gasteiger partial charge is 0.518 e. The number of hydrogen-bond acceptors (Lipinski definition) is 16. The zero-order valence-corrected chi connectivity index (χ0v) is 62.7. The summed E-state index contributed by atoms with van der Waals surface area (Å²) >= 11 is 0. The van der Waals surface area contributed by atoms with Gasteiger partial charge in [0, 0.05) is 97.3 Å². The van der Waals surface area contributed by atoms with E-state index in [0.29, 0.717) is 34.1 Å². The summed E-state index contributed by atoms with van der Waals surface area (Å²) in [6.07, 6.45) is 4.02. The van der Waals surface area contributed by atoms with Crippen LogP contribution in [0.15, 0.2) is 213 Å². The molecule has 92 heavy (non-hydrogen) atoms. The van der Waals surface area contributed by atoms with Crippen LogP contribution in [0.25, 0.3) is 55.2 Å². The second-order valence-electron chi connectivity index (χ2n) is 17.6. The molecule has 0 heterocycles. The average Bonchev–Trinajstić information content (AvgIpc) is 1.32. The molecule has 0 unspecified atom stereocenters. The summed E-state index contributed by atoms with van der Waals surface area (Å²) in [6.45, 7) is 31.7. The molecule has 10 aromatic rings. The summed E-state index contributed by atoms with van der Waals surface area (Å²) in [6, 6.07) is 53.4. The fourth-order valence-corrected chi connectivity index (χ4v) is 8.40. The number of phenols is 4. The van der Waals surface area contributed by atoms with Gasteiger partial charge in [0.2, 0.25) is 0 Å². The van der Waals surface area contributed by atoms with Gasteiger partial charge in [-0.25, -0.2) is 15.2 Å². The van der Waals surface area contributed by atoms with E-state index < -0.39 is 0 Å². The molecule has 4 N–H and O–H groups in total. The van der Waals surface area contributed by atoms with Crippen LogP contribution in [0.4, 0.5) is 39.8 Å². The molecule has 0 saturated carbocycles. The van der Waals surface area contributed by atoms with Crippen molar-refractivity contribution in [3.8, 4) is 23.0 Å². The van der Waals surface area contributed by atoms with Crippen LogP contribution in [0.2, 0.25) is 0 Å².